The summed E-state index contributed by atoms with van der Waals surface area (Å²) in [5.41, 5.74) is 0. The Morgan fingerprint density at radius 2 is 1.82 bits per heavy atom. The molecule has 11 heavy (non-hydrogen) atoms. The largest absolute Gasteiger partial charge is 0.320 e. The lowest BCUT2D eigenvalue weighted by molar-refractivity contribution is 0.569. The average Bonchev–Trinajstić information content (AvgIpc) is 1.99. The second-order valence-electron chi connectivity index (χ2n) is 2.06. The maximum absolute atomic E-state index is 10.7. The van der Waals surface area contributed by atoms with Gasteiger partial charge in [-0.05, 0) is 20.0 Å². The van der Waals surface area contributed by atoms with Gasteiger partial charge in [-0.1, -0.05) is 0 Å². The quantitative estimate of drug-likeness (QED) is 0.444. The van der Waals surface area contributed by atoms with Crippen LogP contribution >= 0.6 is 0 Å². The normalized spacial score (nSPS) is 11.8. The molecule has 0 bridgehead atoms. The first-order valence-corrected chi connectivity index (χ1v) is 4.93. The van der Waals surface area contributed by atoms with Gasteiger partial charge in [0.25, 0.3) is 10.2 Å². The van der Waals surface area contributed by atoms with E-state index in [1.165, 1.54) is 7.05 Å². The van der Waals surface area contributed by atoms with Gasteiger partial charge in [0.2, 0.25) is 0 Å². The first-order chi connectivity index (χ1) is 5.12. The number of hydrogen-bond donors (Lipinski definition) is 3. The lowest BCUT2D eigenvalue weighted by Crippen LogP contribution is -2.35. The summed E-state index contributed by atoms with van der Waals surface area (Å²) in [6.45, 7) is 1.27. The summed E-state index contributed by atoms with van der Waals surface area (Å²) in [7, 11) is -0.0264. The summed E-state index contributed by atoms with van der Waals surface area (Å²) in [6, 6.07) is 0. The minimum absolute atomic E-state index is 0.462. The zero-order valence-electron chi connectivity index (χ0n) is 6.85. The molecule has 0 rings (SSSR count). The number of rotatable bonds is 6. The molecule has 5 nitrogen and oxygen atoms in total. The van der Waals surface area contributed by atoms with Crippen LogP contribution in [-0.2, 0) is 10.2 Å². The molecule has 0 spiro atoms. The summed E-state index contributed by atoms with van der Waals surface area (Å²) in [5, 5.41) is 2.92. The first kappa shape index (κ1) is 10.8. The van der Waals surface area contributed by atoms with Crippen molar-refractivity contribution >= 4 is 10.2 Å². The van der Waals surface area contributed by atoms with Gasteiger partial charge < -0.3 is 5.32 Å². The van der Waals surface area contributed by atoms with E-state index in [1.807, 2.05) is 7.05 Å². The molecule has 0 fully saturated rings. The van der Waals surface area contributed by atoms with Gasteiger partial charge in [-0.15, -0.1) is 0 Å². The van der Waals surface area contributed by atoms with Crippen LogP contribution in [0.5, 0.6) is 0 Å². The van der Waals surface area contributed by atoms with E-state index in [9.17, 15) is 8.42 Å². The second-order valence-corrected chi connectivity index (χ2v) is 3.76. The standard InChI is InChI=1S/C5H15N3O2S/c1-6-4-3-5-8-11(9,10)7-2/h6-8H,3-5H2,1-2H3. The van der Waals surface area contributed by atoms with Gasteiger partial charge in [-0.25, -0.2) is 9.44 Å². The molecular weight excluding hydrogens is 166 g/mol. The first-order valence-electron chi connectivity index (χ1n) is 3.45. The summed E-state index contributed by atoms with van der Waals surface area (Å²) < 4.78 is 26.0. The van der Waals surface area contributed by atoms with Crippen molar-refractivity contribution in [3.05, 3.63) is 0 Å². The van der Waals surface area contributed by atoms with Crippen LogP contribution in [0.15, 0.2) is 0 Å². The van der Waals surface area contributed by atoms with Crippen molar-refractivity contribution in [1.29, 1.82) is 0 Å². The van der Waals surface area contributed by atoms with E-state index in [2.05, 4.69) is 14.8 Å². The molecule has 0 amide bonds. The number of nitrogens with one attached hydrogen (secondary N) is 3. The van der Waals surface area contributed by atoms with Crippen LogP contribution in [0.4, 0.5) is 0 Å². The van der Waals surface area contributed by atoms with Gasteiger partial charge in [-0.2, -0.15) is 8.42 Å². The highest BCUT2D eigenvalue weighted by Gasteiger charge is 2.02. The fourth-order valence-electron chi connectivity index (χ4n) is 0.544. The van der Waals surface area contributed by atoms with Crippen LogP contribution in [-0.4, -0.2) is 35.6 Å². The Hall–Kier alpha value is -0.170. The Bertz CT molecular complexity index is 178. The van der Waals surface area contributed by atoms with E-state index in [4.69, 9.17) is 0 Å². The number of hydrogen-bond acceptors (Lipinski definition) is 3. The molecule has 6 heteroatoms. The molecule has 0 aliphatic rings. The molecule has 0 aliphatic heterocycles. The van der Waals surface area contributed by atoms with Crippen molar-refractivity contribution in [2.75, 3.05) is 27.2 Å². The fourth-order valence-corrected chi connectivity index (χ4v) is 1.10. The van der Waals surface area contributed by atoms with Gasteiger partial charge in [0, 0.05) is 13.6 Å². The van der Waals surface area contributed by atoms with E-state index in [0.717, 1.165) is 13.0 Å². The Morgan fingerprint density at radius 3 is 2.27 bits per heavy atom. The summed E-state index contributed by atoms with van der Waals surface area (Å²) >= 11 is 0. The van der Waals surface area contributed by atoms with Crippen molar-refractivity contribution in [3.63, 3.8) is 0 Å². The van der Waals surface area contributed by atoms with Crippen molar-refractivity contribution < 1.29 is 8.42 Å². The van der Waals surface area contributed by atoms with Crippen molar-refractivity contribution in [2.45, 2.75) is 6.42 Å². The third-order valence-electron chi connectivity index (χ3n) is 1.16. The van der Waals surface area contributed by atoms with Crippen LogP contribution in [0.3, 0.4) is 0 Å². The fraction of sp³-hybridized carbons (Fsp3) is 1.00. The van der Waals surface area contributed by atoms with Crippen LogP contribution in [0.1, 0.15) is 6.42 Å². The van der Waals surface area contributed by atoms with Gasteiger partial charge in [0.05, 0.1) is 0 Å². The van der Waals surface area contributed by atoms with Crippen molar-refractivity contribution in [3.8, 4) is 0 Å². The molecular formula is C5H15N3O2S. The Balaban J connectivity index is 3.39. The molecule has 0 unspecified atom stereocenters. The zero-order valence-corrected chi connectivity index (χ0v) is 7.66. The summed E-state index contributed by atoms with van der Waals surface area (Å²) in [4.78, 5) is 0. The molecule has 0 aromatic heterocycles. The molecule has 0 saturated carbocycles. The monoisotopic (exact) mass is 181 g/mol. The molecule has 0 radical (unpaired) electrons. The van der Waals surface area contributed by atoms with Crippen molar-refractivity contribution in [2.24, 2.45) is 0 Å². The highest BCUT2D eigenvalue weighted by Crippen LogP contribution is 1.76. The molecule has 0 heterocycles. The minimum atomic E-state index is -3.23. The van der Waals surface area contributed by atoms with Gasteiger partial charge >= 0.3 is 0 Å². The highest BCUT2D eigenvalue weighted by molar-refractivity contribution is 7.87. The molecule has 68 valence electrons. The van der Waals surface area contributed by atoms with Crippen LogP contribution < -0.4 is 14.8 Å². The van der Waals surface area contributed by atoms with E-state index < -0.39 is 10.2 Å². The molecule has 0 aromatic rings. The van der Waals surface area contributed by atoms with Crippen molar-refractivity contribution in [1.82, 2.24) is 14.8 Å². The summed E-state index contributed by atoms with van der Waals surface area (Å²) in [6.07, 6.45) is 0.789. The van der Waals surface area contributed by atoms with E-state index in [0.29, 0.717) is 6.54 Å². The summed E-state index contributed by atoms with van der Waals surface area (Å²) in [5.74, 6) is 0. The maximum Gasteiger partial charge on any atom is 0.276 e. The third-order valence-corrected chi connectivity index (χ3v) is 2.29. The topological polar surface area (TPSA) is 70.2 Å². The highest BCUT2D eigenvalue weighted by atomic mass is 32.2. The predicted octanol–water partition coefficient (Wildman–Crippen LogP) is -1.35. The smallest absolute Gasteiger partial charge is 0.276 e. The van der Waals surface area contributed by atoms with Gasteiger partial charge in [0.1, 0.15) is 0 Å². The lowest BCUT2D eigenvalue weighted by atomic mass is 10.4. The second kappa shape index (κ2) is 5.48. The van der Waals surface area contributed by atoms with E-state index in [-0.39, 0.29) is 0 Å². The van der Waals surface area contributed by atoms with Gasteiger partial charge in [0.15, 0.2) is 0 Å². The van der Waals surface area contributed by atoms with Crippen LogP contribution in [0.2, 0.25) is 0 Å². The Morgan fingerprint density at radius 1 is 1.18 bits per heavy atom. The predicted molar refractivity (Wildman–Crippen MR) is 44.5 cm³/mol. The van der Waals surface area contributed by atoms with Crippen LogP contribution in [0, 0.1) is 0 Å². The molecule has 0 saturated heterocycles. The minimum Gasteiger partial charge on any atom is -0.320 e. The Labute approximate surface area is 67.7 Å². The van der Waals surface area contributed by atoms with Crippen LogP contribution in [0.25, 0.3) is 0 Å². The molecule has 0 aliphatic carbocycles. The molecule has 0 aromatic carbocycles. The SMILES string of the molecule is CNCCCNS(=O)(=O)NC. The lowest BCUT2D eigenvalue weighted by Gasteiger charge is -2.03. The van der Waals surface area contributed by atoms with E-state index >= 15 is 0 Å². The third kappa shape index (κ3) is 6.24. The Kier molecular flexibility index (Phi) is 5.39. The molecule has 3 N–H and O–H groups in total. The molecule has 0 atom stereocenters. The maximum atomic E-state index is 10.7. The zero-order chi connectivity index (χ0) is 8.74. The van der Waals surface area contributed by atoms with Gasteiger partial charge in [-0.3, -0.25) is 0 Å². The van der Waals surface area contributed by atoms with E-state index in [1.54, 1.807) is 0 Å². The average molecular weight is 181 g/mol.